The van der Waals surface area contributed by atoms with Crippen molar-refractivity contribution in [3.05, 3.63) is 140 Å². The predicted molar refractivity (Wildman–Crippen MR) is 188 cm³/mol. The van der Waals surface area contributed by atoms with E-state index in [1.807, 2.05) is 17.4 Å². The first-order valence-electron chi connectivity index (χ1n) is 14.9. The summed E-state index contributed by atoms with van der Waals surface area (Å²) in [5.74, 6) is 0. The monoisotopic (exact) mass is 577 g/mol. The molecule has 0 saturated carbocycles. The first-order valence-corrected chi connectivity index (χ1v) is 15.7. The van der Waals surface area contributed by atoms with Crippen molar-refractivity contribution in [3.8, 4) is 22.4 Å². The zero-order chi connectivity index (χ0) is 28.8. The van der Waals surface area contributed by atoms with E-state index < -0.39 is 0 Å². The first-order chi connectivity index (χ1) is 21.8. The Balaban J connectivity index is 1.28. The summed E-state index contributed by atoms with van der Waals surface area (Å²) >= 11 is 1.87. The summed E-state index contributed by atoms with van der Waals surface area (Å²) in [6.45, 7) is 0. The second-order valence-electron chi connectivity index (χ2n) is 11.4. The molecule has 10 rings (SSSR count). The van der Waals surface area contributed by atoms with E-state index in [2.05, 4.69) is 133 Å². The summed E-state index contributed by atoms with van der Waals surface area (Å²) in [5.41, 5.74) is 7.26. The van der Waals surface area contributed by atoms with Crippen LogP contribution in [0.25, 0.3) is 96.9 Å². The molecule has 0 unspecified atom stereocenters. The van der Waals surface area contributed by atoms with Crippen LogP contribution in [-0.2, 0) is 0 Å². The van der Waals surface area contributed by atoms with Gasteiger partial charge < -0.3 is 4.42 Å². The lowest BCUT2D eigenvalue weighted by Gasteiger charge is -2.14. The molecule has 44 heavy (non-hydrogen) atoms. The molecule has 0 aliphatic rings. The minimum Gasteiger partial charge on any atom is -0.455 e. The Kier molecular flexibility index (Phi) is 4.90. The van der Waals surface area contributed by atoms with Crippen molar-refractivity contribution in [2.75, 3.05) is 0 Å². The maximum Gasteiger partial charge on any atom is 0.146 e. The molecular weight excluding hydrogens is 555 g/mol. The lowest BCUT2D eigenvalue weighted by atomic mass is 9.91. The summed E-state index contributed by atoms with van der Waals surface area (Å²) in [4.78, 5) is 5.32. The van der Waals surface area contributed by atoms with Crippen LogP contribution in [0.3, 0.4) is 0 Å². The third-order valence-corrected chi connectivity index (χ3v) is 10.3. The van der Waals surface area contributed by atoms with Gasteiger partial charge in [-0.25, -0.2) is 4.98 Å². The molecule has 0 fully saturated rings. The molecule has 7 aromatic carbocycles. The third-order valence-electron chi connectivity index (χ3n) is 9.05. The fourth-order valence-electron chi connectivity index (χ4n) is 7.11. The molecule has 0 N–H and O–H groups in total. The van der Waals surface area contributed by atoms with Crippen LogP contribution in [0.15, 0.2) is 144 Å². The maximum absolute atomic E-state index is 6.72. The van der Waals surface area contributed by atoms with Gasteiger partial charge in [-0.15, -0.1) is 11.3 Å². The zero-order valence-corrected chi connectivity index (χ0v) is 24.4. The van der Waals surface area contributed by atoms with Crippen LogP contribution in [0.2, 0.25) is 0 Å². The minimum absolute atomic E-state index is 0.894. The van der Waals surface area contributed by atoms with Crippen molar-refractivity contribution in [2.24, 2.45) is 0 Å². The summed E-state index contributed by atoms with van der Waals surface area (Å²) in [6.07, 6.45) is 0. The summed E-state index contributed by atoms with van der Waals surface area (Å²) in [7, 11) is 0. The smallest absolute Gasteiger partial charge is 0.146 e. The Morgan fingerprint density at radius 1 is 0.455 bits per heavy atom. The molecule has 3 aromatic heterocycles. The highest BCUT2D eigenvalue weighted by atomic mass is 32.1. The topological polar surface area (TPSA) is 26.0 Å². The molecule has 3 heteroatoms. The van der Waals surface area contributed by atoms with E-state index in [-0.39, 0.29) is 0 Å². The number of hydrogen-bond acceptors (Lipinski definition) is 3. The average Bonchev–Trinajstić information content (AvgIpc) is 3.67. The van der Waals surface area contributed by atoms with Crippen molar-refractivity contribution in [1.82, 2.24) is 4.98 Å². The number of furan rings is 1. The molecule has 0 aliphatic carbocycles. The molecule has 0 atom stereocenters. The summed E-state index contributed by atoms with van der Waals surface area (Å²) < 4.78 is 9.36. The van der Waals surface area contributed by atoms with Gasteiger partial charge in [-0.05, 0) is 40.1 Å². The lowest BCUT2D eigenvalue weighted by Crippen LogP contribution is -1.92. The van der Waals surface area contributed by atoms with Crippen LogP contribution in [-0.4, -0.2) is 4.98 Å². The first kappa shape index (κ1) is 24.0. The van der Waals surface area contributed by atoms with Gasteiger partial charge in [-0.1, -0.05) is 121 Å². The van der Waals surface area contributed by atoms with E-state index in [1.54, 1.807) is 0 Å². The van der Waals surface area contributed by atoms with Crippen LogP contribution in [0, 0.1) is 0 Å². The van der Waals surface area contributed by atoms with Gasteiger partial charge in [0, 0.05) is 47.3 Å². The van der Waals surface area contributed by atoms with Crippen molar-refractivity contribution >= 4 is 85.9 Å². The van der Waals surface area contributed by atoms with E-state index in [4.69, 9.17) is 9.40 Å². The molecule has 0 bridgehead atoms. The predicted octanol–water partition coefficient (Wildman–Crippen LogP) is 12.1. The molecular formula is C41H23NOS. The van der Waals surface area contributed by atoms with Crippen LogP contribution in [0.5, 0.6) is 0 Å². The molecule has 0 amide bonds. The summed E-state index contributed by atoms with van der Waals surface area (Å²) in [5, 5.41) is 10.7. The van der Waals surface area contributed by atoms with Crippen LogP contribution in [0.1, 0.15) is 0 Å². The minimum atomic E-state index is 0.894. The number of aromatic nitrogens is 1. The van der Waals surface area contributed by atoms with Crippen molar-refractivity contribution in [1.29, 1.82) is 0 Å². The molecule has 0 saturated heterocycles. The number of nitrogens with zero attached hydrogens (tertiary/aromatic N) is 1. The summed E-state index contributed by atoms with van der Waals surface area (Å²) in [6, 6.07) is 49.8. The molecule has 204 valence electrons. The molecule has 2 nitrogen and oxygen atoms in total. The molecule has 0 spiro atoms. The van der Waals surface area contributed by atoms with E-state index in [9.17, 15) is 0 Å². The van der Waals surface area contributed by atoms with Gasteiger partial charge in [0.15, 0.2) is 0 Å². The highest BCUT2D eigenvalue weighted by molar-refractivity contribution is 7.26. The standard InChI is InChI=1S/C41H23NOS/c1-2-12-29-28(11-1)36-31-13-3-6-17-33(31)42-39(38(36)40-37(29)32-14-4-7-18-34(32)43-40)25-22-20-24(21-23-25)26-15-9-16-30-27-10-5-8-19-35(27)44-41(26)30/h1-23H. The fourth-order valence-corrected chi connectivity index (χ4v) is 8.35. The Bertz CT molecular complexity index is 2770. The van der Waals surface area contributed by atoms with Crippen molar-refractivity contribution < 1.29 is 4.42 Å². The van der Waals surface area contributed by atoms with E-state index >= 15 is 0 Å². The molecule has 0 radical (unpaired) electrons. The Hall–Kier alpha value is -5.51. The Morgan fingerprint density at radius 3 is 1.93 bits per heavy atom. The van der Waals surface area contributed by atoms with Gasteiger partial charge in [0.25, 0.3) is 0 Å². The Labute approximate surface area is 256 Å². The number of rotatable bonds is 2. The van der Waals surface area contributed by atoms with Crippen molar-refractivity contribution in [2.45, 2.75) is 0 Å². The van der Waals surface area contributed by atoms with Crippen molar-refractivity contribution in [3.63, 3.8) is 0 Å². The molecule has 10 aromatic rings. The number of hydrogen-bond donors (Lipinski definition) is 0. The van der Waals surface area contributed by atoms with Crippen LogP contribution in [0.4, 0.5) is 0 Å². The largest absolute Gasteiger partial charge is 0.455 e. The molecule has 3 heterocycles. The number of para-hydroxylation sites is 2. The van der Waals surface area contributed by atoms with E-state index in [0.717, 1.165) is 49.5 Å². The number of pyridine rings is 1. The van der Waals surface area contributed by atoms with Gasteiger partial charge in [-0.3, -0.25) is 0 Å². The van der Waals surface area contributed by atoms with Gasteiger partial charge >= 0.3 is 0 Å². The number of fused-ring (bicyclic) bond motifs is 13. The second-order valence-corrected chi connectivity index (χ2v) is 12.5. The number of thiophene rings is 1. The third kappa shape index (κ3) is 3.27. The van der Waals surface area contributed by atoms with Crippen LogP contribution < -0.4 is 0 Å². The van der Waals surface area contributed by atoms with Gasteiger partial charge in [0.2, 0.25) is 0 Å². The van der Waals surface area contributed by atoms with Gasteiger partial charge in [-0.2, -0.15) is 0 Å². The highest BCUT2D eigenvalue weighted by Crippen LogP contribution is 2.46. The Morgan fingerprint density at radius 2 is 1.09 bits per heavy atom. The lowest BCUT2D eigenvalue weighted by molar-refractivity contribution is 0.673. The maximum atomic E-state index is 6.72. The zero-order valence-electron chi connectivity index (χ0n) is 23.5. The SMILES string of the molecule is c1ccc2c(c1)nc(-c1ccc(-c3cccc4c3sc3ccccc34)cc1)c1c3oc4ccccc4c3c3ccccc3c21. The van der Waals surface area contributed by atoms with E-state index in [1.165, 1.54) is 47.5 Å². The quantitative estimate of drug-likeness (QED) is 0.191. The normalized spacial score (nSPS) is 12.1. The van der Waals surface area contributed by atoms with Crippen LogP contribution >= 0.6 is 11.3 Å². The van der Waals surface area contributed by atoms with Gasteiger partial charge in [0.05, 0.1) is 16.6 Å². The van der Waals surface area contributed by atoms with Gasteiger partial charge in [0.1, 0.15) is 11.2 Å². The average molecular weight is 578 g/mol. The van der Waals surface area contributed by atoms with E-state index in [0.29, 0.717) is 0 Å². The number of benzene rings is 7. The molecule has 0 aliphatic heterocycles. The fraction of sp³-hybridized carbons (Fsp3) is 0. The second kappa shape index (κ2) is 9.00. The highest BCUT2D eigenvalue weighted by Gasteiger charge is 2.21.